The number of hydrogen-bond donors (Lipinski definition) is 0. The van der Waals surface area contributed by atoms with Crippen molar-refractivity contribution in [2.24, 2.45) is 0 Å². The third-order valence-electron chi connectivity index (χ3n) is 2.88. The molecule has 0 spiro atoms. The number of ether oxygens (including phenoxy) is 1. The molecule has 0 bridgehead atoms. The quantitative estimate of drug-likeness (QED) is 0.393. The van der Waals surface area contributed by atoms with E-state index in [9.17, 15) is 0 Å². The molecule has 0 N–H and O–H groups in total. The molecule has 1 unspecified atom stereocenters. The second-order valence-electron chi connectivity index (χ2n) is 4.28. The van der Waals surface area contributed by atoms with Gasteiger partial charge in [0, 0.05) is 6.07 Å². The fourth-order valence-corrected chi connectivity index (χ4v) is 5.83. The molecule has 7 nitrogen and oxygen atoms in total. The Kier molecular flexibility index (Phi) is 3.89. The van der Waals surface area contributed by atoms with Crippen LogP contribution in [0.2, 0.25) is 5.02 Å². The molecule has 4 aromatic heterocycles. The third-order valence-corrected chi connectivity index (χ3v) is 7.04. The lowest BCUT2D eigenvalue weighted by atomic mass is 10.4. The van der Waals surface area contributed by atoms with Gasteiger partial charge in [0.15, 0.2) is 15.1 Å². The van der Waals surface area contributed by atoms with E-state index in [1.165, 1.54) is 22.1 Å². The van der Waals surface area contributed by atoms with Gasteiger partial charge in [-0.05, 0) is 32.3 Å². The van der Waals surface area contributed by atoms with Crippen LogP contribution in [0.5, 0.6) is 5.88 Å². The highest BCUT2D eigenvalue weighted by atomic mass is 35.5. The maximum Gasteiger partial charge on any atom is 0.274 e. The monoisotopic (exact) mass is 383 g/mol. The standard InChI is InChI=1S/C12H8ClN6OS3/c1-20-9-3-2-7-6-23(16-10(7)14-9)22-12-15-17-18-19(12)11-8(13)4-5-21-11/h2-6H,1H3/q+1. The number of thiophene rings is 1. The van der Waals surface area contributed by atoms with Crippen LogP contribution < -0.4 is 4.74 Å². The number of tetrazole rings is 1. The molecule has 0 saturated heterocycles. The summed E-state index contributed by atoms with van der Waals surface area (Å²) in [5.74, 6) is 0.548. The van der Waals surface area contributed by atoms with Crippen LogP contribution in [0.3, 0.4) is 0 Å². The van der Waals surface area contributed by atoms with Gasteiger partial charge in [0.25, 0.3) is 5.16 Å². The molecule has 11 heteroatoms. The number of rotatable bonds is 4. The molecule has 0 aliphatic rings. The lowest BCUT2D eigenvalue weighted by Crippen LogP contribution is -1.95. The van der Waals surface area contributed by atoms with Crippen molar-refractivity contribution in [3.63, 3.8) is 0 Å². The first-order valence-electron chi connectivity index (χ1n) is 6.29. The van der Waals surface area contributed by atoms with Crippen molar-refractivity contribution in [2.45, 2.75) is 5.16 Å². The molecule has 0 aliphatic heterocycles. The molecule has 4 aromatic rings. The minimum absolute atomic E-state index is 0.445. The van der Waals surface area contributed by atoms with Gasteiger partial charge in [-0.1, -0.05) is 16.7 Å². The molecule has 1 atom stereocenters. The molecule has 4 rings (SSSR count). The van der Waals surface area contributed by atoms with E-state index in [1.807, 2.05) is 29.0 Å². The summed E-state index contributed by atoms with van der Waals surface area (Å²) in [4.78, 5) is 4.33. The van der Waals surface area contributed by atoms with Crippen LogP contribution in [0.1, 0.15) is 0 Å². The van der Waals surface area contributed by atoms with Crippen LogP contribution in [-0.4, -0.2) is 36.7 Å². The second-order valence-corrected chi connectivity index (χ2v) is 8.61. The van der Waals surface area contributed by atoms with E-state index < -0.39 is 9.70 Å². The first kappa shape index (κ1) is 14.8. The minimum Gasteiger partial charge on any atom is -0.481 e. The average molecular weight is 384 g/mol. The molecule has 116 valence electrons. The van der Waals surface area contributed by atoms with E-state index in [2.05, 4.69) is 24.9 Å². The van der Waals surface area contributed by atoms with Gasteiger partial charge in [-0.3, -0.25) is 0 Å². The average Bonchev–Trinajstić information content (AvgIpc) is 3.26. The maximum absolute atomic E-state index is 6.16. The molecule has 0 aliphatic carbocycles. The summed E-state index contributed by atoms with van der Waals surface area (Å²) < 4.78 is 11.3. The Morgan fingerprint density at radius 1 is 1.35 bits per heavy atom. The van der Waals surface area contributed by atoms with Crippen molar-refractivity contribution < 1.29 is 4.74 Å². The van der Waals surface area contributed by atoms with Crippen molar-refractivity contribution in [3.8, 4) is 10.9 Å². The van der Waals surface area contributed by atoms with Crippen molar-refractivity contribution in [1.82, 2.24) is 29.6 Å². The van der Waals surface area contributed by atoms with E-state index in [0.29, 0.717) is 21.7 Å². The number of hydrogen-bond acceptors (Lipinski definition) is 8. The Hall–Kier alpha value is -1.75. The van der Waals surface area contributed by atoms with Crippen LogP contribution in [0.4, 0.5) is 0 Å². The SMILES string of the molecule is COc1ccc2c[s+](Sc3nnnn3-c3sccc3Cl)nc2n1. The number of methoxy groups -OCH3 is 1. The summed E-state index contributed by atoms with van der Waals surface area (Å²) in [6.45, 7) is 0. The number of aromatic nitrogens is 6. The van der Waals surface area contributed by atoms with Gasteiger partial charge in [-0.25, -0.2) is 0 Å². The van der Waals surface area contributed by atoms with E-state index in [4.69, 9.17) is 16.3 Å². The predicted molar refractivity (Wildman–Crippen MR) is 91.9 cm³/mol. The summed E-state index contributed by atoms with van der Waals surface area (Å²) in [6, 6.07) is 5.58. The smallest absolute Gasteiger partial charge is 0.274 e. The lowest BCUT2D eigenvalue weighted by Gasteiger charge is -1.96. The van der Waals surface area contributed by atoms with Crippen molar-refractivity contribution in [1.29, 1.82) is 0 Å². The Labute approximate surface area is 145 Å². The summed E-state index contributed by atoms with van der Waals surface area (Å²) >= 11 is 7.64. The summed E-state index contributed by atoms with van der Waals surface area (Å²) in [5, 5.41) is 18.8. The number of fused-ring (bicyclic) bond motifs is 1. The van der Waals surface area contributed by atoms with Crippen LogP contribution in [-0.2, 0) is 0 Å². The normalized spacial score (nSPS) is 12.0. The van der Waals surface area contributed by atoms with Gasteiger partial charge in [0.05, 0.1) is 17.5 Å². The molecule has 4 heterocycles. The van der Waals surface area contributed by atoms with Gasteiger partial charge in [0.1, 0.15) is 5.00 Å². The summed E-state index contributed by atoms with van der Waals surface area (Å²) in [7, 11) is 2.60. The molecule has 0 saturated carbocycles. The van der Waals surface area contributed by atoms with Crippen molar-refractivity contribution in [2.75, 3.05) is 7.11 Å². The van der Waals surface area contributed by atoms with Gasteiger partial charge in [-0.15, -0.1) is 11.3 Å². The zero-order valence-corrected chi connectivity index (χ0v) is 14.8. The first-order valence-corrected chi connectivity index (χ1v) is 10.1. The van der Waals surface area contributed by atoms with Crippen LogP contribution in [0.25, 0.3) is 16.0 Å². The van der Waals surface area contributed by atoms with Crippen molar-refractivity contribution in [3.05, 3.63) is 34.0 Å². The zero-order chi connectivity index (χ0) is 15.8. The van der Waals surface area contributed by atoms with Crippen LogP contribution in [0.15, 0.2) is 34.1 Å². The van der Waals surface area contributed by atoms with E-state index >= 15 is 0 Å². The van der Waals surface area contributed by atoms with E-state index in [1.54, 1.807) is 11.8 Å². The largest absolute Gasteiger partial charge is 0.481 e. The molecular weight excluding hydrogens is 376 g/mol. The maximum atomic E-state index is 6.16. The fourth-order valence-electron chi connectivity index (χ4n) is 1.86. The molecule has 0 fully saturated rings. The van der Waals surface area contributed by atoms with E-state index in [0.717, 1.165) is 10.4 Å². The summed E-state index contributed by atoms with van der Waals surface area (Å²) in [5.41, 5.74) is 0.674. The van der Waals surface area contributed by atoms with E-state index in [-0.39, 0.29) is 0 Å². The molecule has 0 amide bonds. The Balaban J connectivity index is 1.69. The van der Waals surface area contributed by atoms with Gasteiger partial charge >= 0.3 is 0 Å². The highest BCUT2D eigenvalue weighted by molar-refractivity contribution is 8.44. The minimum atomic E-state index is -0.445. The van der Waals surface area contributed by atoms with Gasteiger partial charge < -0.3 is 4.74 Å². The predicted octanol–water partition coefficient (Wildman–Crippen LogP) is 3.63. The number of nitrogens with zero attached hydrogens (tertiary/aromatic N) is 6. The highest BCUT2D eigenvalue weighted by Crippen LogP contribution is 2.40. The zero-order valence-electron chi connectivity index (χ0n) is 11.6. The summed E-state index contributed by atoms with van der Waals surface area (Å²) in [6.07, 6.45) is 0. The van der Waals surface area contributed by atoms with Crippen LogP contribution >= 0.6 is 43.4 Å². The second kappa shape index (κ2) is 6.04. The first-order chi connectivity index (χ1) is 11.2. The Morgan fingerprint density at radius 3 is 3.04 bits per heavy atom. The van der Waals surface area contributed by atoms with Crippen molar-refractivity contribution >= 4 is 54.5 Å². The lowest BCUT2D eigenvalue weighted by molar-refractivity contribution is 0.399. The van der Waals surface area contributed by atoms with Gasteiger partial charge in [0.2, 0.25) is 22.3 Å². The Morgan fingerprint density at radius 2 is 2.26 bits per heavy atom. The highest BCUT2D eigenvalue weighted by Gasteiger charge is 2.23. The molecule has 0 aromatic carbocycles. The Bertz CT molecular complexity index is 980. The third kappa shape index (κ3) is 2.78. The van der Waals surface area contributed by atoms with Crippen LogP contribution in [0, 0.1) is 0 Å². The van der Waals surface area contributed by atoms with Gasteiger partial charge in [-0.2, -0.15) is 9.67 Å². The number of halogens is 1. The topological polar surface area (TPSA) is 78.6 Å². The fraction of sp³-hybridized carbons (Fsp3) is 0.0833. The molecule has 23 heavy (non-hydrogen) atoms. The number of pyridine rings is 1. The molecule has 0 radical (unpaired) electrons. The molecular formula is C12H8ClN6OS3+.